The van der Waals surface area contributed by atoms with Crippen LogP contribution in [0.1, 0.15) is 69.8 Å². The number of amides is 1. The Morgan fingerprint density at radius 3 is 2.54 bits per heavy atom. The molecule has 0 radical (unpaired) electrons. The van der Waals surface area contributed by atoms with Crippen molar-refractivity contribution in [3.63, 3.8) is 0 Å². The van der Waals surface area contributed by atoms with Crippen molar-refractivity contribution in [1.82, 2.24) is 19.9 Å². The van der Waals surface area contributed by atoms with Crippen molar-refractivity contribution in [3.8, 4) is 0 Å². The van der Waals surface area contributed by atoms with Crippen molar-refractivity contribution in [2.45, 2.75) is 69.0 Å². The number of hydrogen-bond donors (Lipinski definition) is 2. The molecule has 3 rings (SSSR count). The monoisotopic (exact) mass is 506 g/mol. The Morgan fingerprint density at radius 2 is 1.83 bits per heavy atom. The van der Waals surface area contributed by atoms with E-state index in [-0.39, 0.29) is 5.91 Å². The third-order valence-electron chi connectivity index (χ3n) is 7.10. The average molecular weight is 507 g/mol. The molecule has 1 saturated carbocycles. The number of rotatable bonds is 15. The van der Waals surface area contributed by atoms with Crippen LogP contribution in [-0.2, 0) is 19.6 Å². The number of hydrogen-bond acceptors (Lipinski definition) is 6. The second kappa shape index (κ2) is 14.7. The molecule has 1 aliphatic heterocycles. The lowest BCUT2D eigenvalue weighted by molar-refractivity contribution is -0.116. The lowest BCUT2D eigenvalue weighted by Gasteiger charge is -2.31. The van der Waals surface area contributed by atoms with Gasteiger partial charge in [-0.3, -0.25) is 14.7 Å². The molecule has 1 amide bonds. The Bertz CT molecular complexity index is 880. The van der Waals surface area contributed by atoms with E-state index in [1.807, 2.05) is 12.1 Å². The number of pyridine rings is 1. The summed E-state index contributed by atoms with van der Waals surface area (Å²) in [7, 11) is -3.32. The van der Waals surface area contributed by atoms with E-state index in [2.05, 4.69) is 19.9 Å². The van der Waals surface area contributed by atoms with Gasteiger partial charge in [0, 0.05) is 44.6 Å². The van der Waals surface area contributed by atoms with Gasteiger partial charge in [0.25, 0.3) is 0 Å². The number of carbonyl (C=O) groups excluding carboxylic acids is 1. The number of morpholine rings is 1. The highest BCUT2D eigenvalue weighted by Gasteiger charge is 2.45. The van der Waals surface area contributed by atoms with E-state index in [0.29, 0.717) is 13.1 Å². The second-order valence-electron chi connectivity index (χ2n) is 9.67. The summed E-state index contributed by atoms with van der Waals surface area (Å²) in [5, 5.41) is 2.89. The molecule has 0 aromatic carbocycles. The van der Waals surface area contributed by atoms with Crippen LogP contribution in [0.5, 0.6) is 0 Å². The van der Waals surface area contributed by atoms with Gasteiger partial charge in [-0.15, -0.1) is 0 Å². The van der Waals surface area contributed by atoms with Gasteiger partial charge in [0.15, 0.2) is 0 Å². The van der Waals surface area contributed by atoms with Crippen LogP contribution in [0.15, 0.2) is 30.6 Å². The highest BCUT2D eigenvalue weighted by molar-refractivity contribution is 7.90. The highest BCUT2D eigenvalue weighted by Crippen LogP contribution is 2.40. The number of unbranched alkanes of at least 4 members (excludes halogenated alkanes) is 3. The summed E-state index contributed by atoms with van der Waals surface area (Å²) in [5.41, 5.74) is 0.890. The fourth-order valence-corrected chi connectivity index (χ4v) is 6.96. The Kier molecular flexibility index (Phi) is 11.6. The fourth-order valence-electron chi connectivity index (χ4n) is 5.00. The summed E-state index contributed by atoms with van der Waals surface area (Å²) in [6.45, 7) is 5.52. The molecule has 1 aromatic heterocycles. The molecule has 2 heterocycles. The number of nitrogens with one attached hydrogen (secondary N) is 2. The molecule has 2 aliphatic rings. The maximum atomic E-state index is 13.2. The lowest BCUT2D eigenvalue weighted by atomic mass is 10.0. The predicted octanol–water partition coefficient (Wildman–Crippen LogP) is 3.12. The molecule has 1 aromatic rings. The third-order valence-corrected chi connectivity index (χ3v) is 9.44. The molecule has 9 heteroatoms. The van der Waals surface area contributed by atoms with Gasteiger partial charge in [-0.05, 0) is 62.8 Å². The Hall–Kier alpha value is -1.81. The molecule has 2 fully saturated rings. The quantitative estimate of drug-likeness (QED) is 0.280. The van der Waals surface area contributed by atoms with E-state index in [1.165, 1.54) is 6.08 Å². The molecule has 0 unspecified atom stereocenters. The van der Waals surface area contributed by atoms with E-state index >= 15 is 0 Å². The molecule has 35 heavy (non-hydrogen) atoms. The van der Waals surface area contributed by atoms with Crippen molar-refractivity contribution < 1.29 is 17.9 Å². The van der Waals surface area contributed by atoms with Crippen LogP contribution < -0.4 is 10.0 Å². The fraction of sp³-hybridized carbons (Fsp3) is 0.692. The van der Waals surface area contributed by atoms with Crippen LogP contribution in [0.2, 0.25) is 0 Å². The lowest BCUT2D eigenvalue weighted by Crippen LogP contribution is -2.45. The Labute approximate surface area is 211 Å². The van der Waals surface area contributed by atoms with E-state index in [1.54, 1.807) is 18.5 Å². The first-order valence-corrected chi connectivity index (χ1v) is 14.6. The van der Waals surface area contributed by atoms with E-state index in [9.17, 15) is 13.2 Å². The van der Waals surface area contributed by atoms with E-state index in [0.717, 1.165) is 103 Å². The number of aromatic nitrogens is 1. The van der Waals surface area contributed by atoms with Crippen LogP contribution in [0.25, 0.3) is 6.08 Å². The maximum Gasteiger partial charge on any atom is 0.243 e. The van der Waals surface area contributed by atoms with Crippen molar-refractivity contribution in [2.24, 2.45) is 0 Å². The summed E-state index contributed by atoms with van der Waals surface area (Å²) in [5.74, 6) is -0.114. The predicted molar refractivity (Wildman–Crippen MR) is 139 cm³/mol. The summed E-state index contributed by atoms with van der Waals surface area (Å²) < 4.78 is 34.2. The van der Waals surface area contributed by atoms with Gasteiger partial charge in [0.2, 0.25) is 15.9 Å². The number of carbonyl (C=O) groups is 1. The first-order valence-electron chi connectivity index (χ1n) is 13.2. The summed E-state index contributed by atoms with van der Waals surface area (Å²) in [6, 6.07) is 3.73. The van der Waals surface area contributed by atoms with Gasteiger partial charge in [-0.1, -0.05) is 31.7 Å². The molecular formula is C26H42N4O4S. The zero-order valence-corrected chi connectivity index (χ0v) is 21.7. The first-order chi connectivity index (χ1) is 17.0. The Morgan fingerprint density at radius 1 is 1.09 bits per heavy atom. The van der Waals surface area contributed by atoms with Gasteiger partial charge in [0.1, 0.15) is 0 Å². The van der Waals surface area contributed by atoms with Crippen molar-refractivity contribution in [3.05, 3.63) is 36.2 Å². The second-order valence-corrected chi connectivity index (χ2v) is 11.8. The molecule has 0 spiro atoms. The standard InChI is InChI=1S/C26H42N4O4S/c31-25(11-10-24-9-7-15-27-23-24)28-16-5-1-2-6-17-29-35(32,33)26(12-3-4-13-26)14-8-18-30-19-21-34-22-20-30/h7,9-11,15,23,29H,1-6,8,12-14,16-22H2,(H,28,31)/b11-10+. The summed E-state index contributed by atoms with van der Waals surface area (Å²) in [4.78, 5) is 18.3. The molecule has 0 atom stereocenters. The molecule has 1 aliphatic carbocycles. The topological polar surface area (TPSA) is 101 Å². The number of nitrogens with zero attached hydrogens (tertiary/aromatic N) is 2. The highest BCUT2D eigenvalue weighted by atomic mass is 32.2. The SMILES string of the molecule is O=C(/C=C/c1cccnc1)NCCCCCCNS(=O)(=O)C1(CCCN2CCOCC2)CCCC1. The zero-order chi connectivity index (χ0) is 24.8. The average Bonchev–Trinajstić information content (AvgIpc) is 3.36. The van der Waals surface area contributed by atoms with Crippen molar-refractivity contribution >= 4 is 22.0 Å². The minimum atomic E-state index is -3.32. The van der Waals surface area contributed by atoms with E-state index in [4.69, 9.17) is 4.74 Å². The zero-order valence-electron chi connectivity index (χ0n) is 20.9. The van der Waals surface area contributed by atoms with Gasteiger partial charge >= 0.3 is 0 Å². The maximum absolute atomic E-state index is 13.2. The van der Waals surface area contributed by atoms with Crippen LogP contribution in [0.4, 0.5) is 0 Å². The first kappa shape index (κ1) is 27.8. The van der Waals surface area contributed by atoms with Crippen molar-refractivity contribution in [2.75, 3.05) is 45.9 Å². The van der Waals surface area contributed by atoms with Crippen LogP contribution in [-0.4, -0.2) is 74.9 Å². The largest absolute Gasteiger partial charge is 0.379 e. The van der Waals surface area contributed by atoms with Crippen molar-refractivity contribution in [1.29, 1.82) is 0 Å². The molecular weight excluding hydrogens is 464 g/mol. The van der Waals surface area contributed by atoms with Crippen LogP contribution in [0.3, 0.4) is 0 Å². The van der Waals surface area contributed by atoms with Gasteiger partial charge in [-0.2, -0.15) is 0 Å². The summed E-state index contributed by atoms with van der Waals surface area (Å²) in [6.07, 6.45) is 15.5. The minimum Gasteiger partial charge on any atom is -0.379 e. The van der Waals surface area contributed by atoms with Gasteiger partial charge in [0.05, 0.1) is 18.0 Å². The van der Waals surface area contributed by atoms with E-state index < -0.39 is 14.8 Å². The minimum absolute atomic E-state index is 0.114. The number of ether oxygens (including phenoxy) is 1. The molecule has 196 valence electrons. The molecule has 2 N–H and O–H groups in total. The molecule has 0 bridgehead atoms. The molecule has 8 nitrogen and oxygen atoms in total. The normalized spacial score (nSPS) is 18.7. The van der Waals surface area contributed by atoms with Gasteiger partial charge in [-0.25, -0.2) is 13.1 Å². The summed E-state index contributed by atoms with van der Waals surface area (Å²) >= 11 is 0. The van der Waals surface area contributed by atoms with Gasteiger partial charge < -0.3 is 10.1 Å². The number of sulfonamides is 1. The molecule has 1 saturated heterocycles. The Balaban J connectivity index is 1.27. The smallest absolute Gasteiger partial charge is 0.243 e. The third kappa shape index (κ3) is 9.29. The van der Waals surface area contributed by atoms with Crippen LogP contribution >= 0.6 is 0 Å². The van der Waals surface area contributed by atoms with Crippen LogP contribution in [0, 0.1) is 0 Å².